The highest BCUT2D eigenvalue weighted by atomic mass is 35.5. The number of rotatable bonds is 5. The van der Waals surface area contributed by atoms with Gasteiger partial charge in [-0.25, -0.2) is 0 Å². The normalized spacial score (nSPS) is 10.7. The molecule has 0 aliphatic carbocycles. The standard InChI is InChI=1S/C19H19ClN2O3/c1-11-14(15-9-13(24-2)5-6-16(15)21-11)10-19(23)22-17-8-12(20)4-7-18(17)25-3/h4-9,21H,10H2,1-3H3,(H,22,23). The van der Waals surface area contributed by atoms with E-state index in [0.717, 1.165) is 27.9 Å². The quantitative estimate of drug-likeness (QED) is 0.713. The average Bonchev–Trinajstić information content (AvgIpc) is 2.90. The first-order valence-electron chi connectivity index (χ1n) is 7.80. The smallest absolute Gasteiger partial charge is 0.228 e. The van der Waals surface area contributed by atoms with Gasteiger partial charge in [0.15, 0.2) is 0 Å². The molecule has 1 amide bonds. The van der Waals surface area contributed by atoms with Gasteiger partial charge >= 0.3 is 0 Å². The average molecular weight is 359 g/mol. The maximum absolute atomic E-state index is 12.6. The molecule has 2 N–H and O–H groups in total. The van der Waals surface area contributed by atoms with Crippen LogP contribution in [0.15, 0.2) is 36.4 Å². The van der Waals surface area contributed by atoms with Gasteiger partial charge in [0.1, 0.15) is 11.5 Å². The van der Waals surface area contributed by atoms with Crippen LogP contribution in [0.1, 0.15) is 11.3 Å². The Labute approximate surface area is 150 Å². The van der Waals surface area contributed by atoms with Crippen LogP contribution in [-0.4, -0.2) is 25.1 Å². The highest BCUT2D eigenvalue weighted by molar-refractivity contribution is 6.31. The van der Waals surface area contributed by atoms with Crippen LogP contribution in [0.2, 0.25) is 5.02 Å². The Kier molecular flexibility index (Phi) is 4.86. The monoisotopic (exact) mass is 358 g/mol. The highest BCUT2D eigenvalue weighted by Gasteiger charge is 2.15. The zero-order valence-electron chi connectivity index (χ0n) is 14.3. The molecule has 3 aromatic rings. The number of nitrogens with one attached hydrogen (secondary N) is 2. The summed E-state index contributed by atoms with van der Waals surface area (Å²) in [5.74, 6) is 1.17. The van der Waals surface area contributed by atoms with Crippen LogP contribution in [-0.2, 0) is 11.2 Å². The van der Waals surface area contributed by atoms with E-state index >= 15 is 0 Å². The number of hydrogen-bond acceptors (Lipinski definition) is 3. The summed E-state index contributed by atoms with van der Waals surface area (Å²) in [6.45, 7) is 1.95. The third kappa shape index (κ3) is 3.56. The first-order chi connectivity index (χ1) is 12.0. The van der Waals surface area contributed by atoms with Gasteiger partial charge in [0.2, 0.25) is 5.91 Å². The molecule has 0 bridgehead atoms. The number of ether oxygens (including phenoxy) is 2. The fourth-order valence-corrected chi connectivity index (χ4v) is 3.02. The predicted molar refractivity (Wildman–Crippen MR) is 99.9 cm³/mol. The molecule has 6 heteroatoms. The molecular weight excluding hydrogens is 340 g/mol. The van der Waals surface area contributed by atoms with E-state index in [0.29, 0.717) is 16.5 Å². The van der Waals surface area contributed by atoms with E-state index in [1.54, 1.807) is 32.4 Å². The Hall–Kier alpha value is -2.66. The van der Waals surface area contributed by atoms with Crippen LogP contribution >= 0.6 is 11.6 Å². The van der Waals surface area contributed by atoms with Gasteiger partial charge in [-0.15, -0.1) is 0 Å². The summed E-state index contributed by atoms with van der Waals surface area (Å²) >= 11 is 6.01. The molecular formula is C19H19ClN2O3. The number of benzene rings is 2. The van der Waals surface area contributed by atoms with Crippen molar-refractivity contribution in [3.05, 3.63) is 52.7 Å². The molecule has 0 fully saturated rings. The van der Waals surface area contributed by atoms with Crippen molar-refractivity contribution in [2.45, 2.75) is 13.3 Å². The molecule has 25 heavy (non-hydrogen) atoms. The molecule has 0 aliphatic heterocycles. The van der Waals surface area contributed by atoms with Crippen molar-refractivity contribution in [1.82, 2.24) is 4.98 Å². The maximum Gasteiger partial charge on any atom is 0.228 e. The molecule has 3 rings (SSSR count). The zero-order chi connectivity index (χ0) is 18.0. The van der Waals surface area contributed by atoms with Crippen LogP contribution in [0, 0.1) is 6.92 Å². The van der Waals surface area contributed by atoms with Gasteiger partial charge in [0, 0.05) is 21.6 Å². The van der Waals surface area contributed by atoms with Crippen molar-refractivity contribution in [2.24, 2.45) is 0 Å². The summed E-state index contributed by atoms with van der Waals surface area (Å²) in [6.07, 6.45) is 0.231. The van der Waals surface area contributed by atoms with Gasteiger partial charge < -0.3 is 19.8 Å². The number of fused-ring (bicyclic) bond motifs is 1. The van der Waals surface area contributed by atoms with Crippen molar-refractivity contribution in [1.29, 1.82) is 0 Å². The largest absolute Gasteiger partial charge is 0.497 e. The minimum absolute atomic E-state index is 0.146. The number of H-pyrrole nitrogens is 1. The molecule has 0 saturated heterocycles. The Morgan fingerprint density at radius 1 is 1.16 bits per heavy atom. The van der Waals surface area contributed by atoms with Gasteiger partial charge in [-0.05, 0) is 48.9 Å². The molecule has 5 nitrogen and oxygen atoms in total. The molecule has 0 radical (unpaired) electrons. The molecule has 0 unspecified atom stereocenters. The second kappa shape index (κ2) is 7.07. The molecule has 0 spiro atoms. The van der Waals surface area contributed by atoms with E-state index in [1.807, 2.05) is 25.1 Å². The summed E-state index contributed by atoms with van der Waals surface area (Å²) in [6, 6.07) is 10.9. The summed E-state index contributed by atoms with van der Waals surface area (Å²) in [5, 5.41) is 4.38. The van der Waals surface area contributed by atoms with E-state index in [1.165, 1.54) is 0 Å². The molecule has 2 aromatic carbocycles. The number of amides is 1. The van der Waals surface area contributed by atoms with Gasteiger partial charge in [-0.2, -0.15) is 0 Å². The Morgan fingerprint density at radius 2 is 1.96 bits per heavy atom. The lowest BCUT2D eigenvalue weighted by Crippen LogP contribution is -2.15. The molecule has 1 aromatic heterocycles. The van der Waals surface area contributed by atoms with E-state index in [-0.39, 0.29) is 12.3 Å². The van der Waals surface area contributed by atoms with E-state index in [9.17, 15) is 4.79 Å². The maximum atomic E-state index is 12.6. The lowest BCUT2D eigenvalue weighted by atomic mass is 10.1. The zero-order valence-corrected chi connectivity index (χ0v) is 15.0. The minimum atomic E-state index is -0.146. The molecule has 1 heterocycles. The van der Waals surface area contributed by atoms with Crippen molar-refractivity contribution in [3.8, 4) is 11.5 Å². The number of aromatic nitrogens is 1. The number of methoxy groups -OCH3 is 2. The van der Waals surface area contributed by atoms with E-state index < -0.39 is 0 Å². The predicted octanol–water partition coefficient (Wildman–Crippen LogP) is 4.33. The van der Waals surface area contributed by atoms with Crippen LogP contribution in [0.25, 0.3) is 10.9 Å². The third-order valence-electron chi connectivity index (χ3n) is 4.10. The van der Waals surface area contributed by atoms with Gasteiger partial charge in [-0.1, -0.05) is 11.6 Å². The molecule has 0 saturated carbocycles. The summed E-state index contributed by atoms with van der Waals surface area (Å²) < 4.78 is 10.5. The van der Waals surface area contributed by atoms with Crippen molar-refractivity contribution < 1.29 is 14.3 Å². The van der Waals surface area contributed by atoms with Crippen molar-refractivity contribution in [2.75, 3.05) is 19.5 Å². The number of carbonyl (C=O) groups is 1. The van der Waals surface area contributed by atoms with Crippen LogP contribution in [0.5, 0.6) is 11.5 Å². The molecule has 0 atom stereocenters. The SMILES string of the molecule is COc1ccc2[nH]c(C)c(CC(=O)Nc3cc(Cl)ccc3OC)c2c1. The second-order valence-electron chi connectivity index (χ2n) is 5.71. The van der Waals surface area contributed by atoms with Crippen LogP contribution in [0.3, 0.4) is 0 Å². The second-order valence-corrected chi connectivity index (χ2v) is 6.15. The Balaban J connectivity index is 1.87. The van der Waals surface area contributed by atoms with Crippen molar-refractivity contribution in [3.63, 3.8) is 0 Å². The fourth-order valence-electron chi connectivity index (χ4n) is 2.85. The Morgan fingerprint density at radius 3 is 2.68 bits per heavy atom. The number of aryl methyl sites for hydroxylation is 1. The lowest BCUT2D eigenvalue weighted by molar-refractivity contribution is -0.115. The molecule has 0 aliphatic rings. The summed E-state index contributed by atoms with van der Waals surface area (Å²) in [7, 11) is 3.17. The number of carbonyl (C=O) groups excluding carboxylic acids is 1. The summed E-state index contributed by atoms with van der Waals surface area (Å²) in [5.41, 5.74) is 3.42. The number of anilines is 1. The van der Waals surface area contributed by atoms with Gasteiger partial charge in [0.25, 0.3) is 0 Å². The van der Waals surface area contributed by atoms with E-state index in [4.69, 9.17) is 21.1 Å². The number of aromatic amines is 1. The summed E-state index contributed by atoms with van der Waals surface area (Å²) in [4.78, 5) is 15.9. The van der Waals surface area contributed by atoms with Crippen molar-refractivity contribution >= 4 is 34.1 Å². The topological polar surface area (TPSA) is 63.4 Å². The third-order valence-corrected chi connectivity index (χ3v) is 4.33. The lowest BCUT2D eigenvalue weighted by Gasteiger charge is -2.11. The Bertz CT molecular complexity index is 934. The number of hydrogen-bond donors (Lipinski definition) is 2. The van der Waals surface area contributed by atoms with E-state index in [2.05, 4.69) is 10.3 Å². The highest BCUT2D eigenvalue weighted by Crippen LogP contribution is 2.29. The number of halogens is 1. The van der Waals surface area contributed by atoms with Gasteiger partial charge in [0.05, 0.1) is 26.3 Å². The van der Waals surface area contributed by atoms with Crippen LogP contribution in [0.4, 0.5) is 5.69 Å². The molecule has 130 valence electrons. The first-order valence-corrected chi connectivity index (χ1v) is 8.18. The van der Waals surface area contributed by atoms with Crippen LogP contribution < -0.4 is 14.8 Å². The minimum Gasteiger partial charge on any atom is -0.497 e. The first kappa shape index (κ1) is 17.2. The fraction of sp³-hybridized carbons (Fsp3) is 0.211. The van der Waals surface area contributed by atoms with Gasteiger partial charge in [-0.3, -0.25) is 4.79 Å².